The van der Waals surface area contributed by atoms with Gasteiger partial charge in [0.15, 0.2) is 0 Å². The van der Waals surface area contributed by atoms with Crippen molar-refractivity contribution in [3.05, 3.63) is 29.6 Å². The number of nitrogens with zero attached hydrogens (tertiary/aromatic N) is 1. The highest BCUT2D eigenvalue weighted by atomic mass is 16.5. The van der Waals surface area contributed by atoms with Crippen LogP contribution in [0.4, 0.5) is 0 Å². The maximum Gasteiger partial charge on any atom is 0.250 e. The largest absolute Gasteiger partial charge is 0.379 e. The number of hydrogen-bond donors (Lipinski definition) is 1. The molecule has 2 N–H and O–H groups in total. The van der Waals surface area contributed by atoms with Crippen LogP contribution in [0.25, 0.3) is 0 Å². The molecular formula is C13H22N2O3. The van der Waals surface area contributed by atoms with E-state index in [4.69, 9.17) is 15.2 Å². The van der Waals surface area contributed by atoms with Crippen LogP contribution in [-0.2, 0) is 15.9 Å². The van der Waals surface area contributed by atoms with Crippen molar-refractivity contribution in [2.45, 2.75) is 19.8 Å². The van der Waals surface area contributed by atoms with Crippen molar-refractivity contribution in [2.75, 3.05) is 26.4 Å². The normalized spacial score (nSPS) is 10.5. The molecule has 5 nitrogen and oxygen atoms in total. The molecule has 0 saturated carbocycles. The van der Waals surface area contributed by atoms with E-state index in [9.17, 15) is 4.79 Å². The van der Waals surface area contributed by atoms with E-state index in [1.807, 2.05) is 6.92 Å². The van der Waals surface area contributed by atoms with Crippen LogP contribution in [0, 0.1) is 0 Å². The fourth-order valence-electron chi connectivity index (χ4n) is 1.50. The molecule has 18 heavy (non-hydrogen) atoms. The highest BCUT2D eigenvalue weighted by Crippen LogP contribution is 2.05. The van der Waals surface area contributed by atoms with Gasteiger partial charge in [-0.3, -0.25) is 9.78 Å². The first-order valence-electron chi connectivity index (χ1n) is 6.13. The summed E-state index contributed by atoms with van der Waals surface area (Å²) in [5.41, 5.74) is 6.64. The predicted molar refractivity (Wildman–Crippen MR) is 70.5 cm³/mol. The Morgan fingerprint density at radius 1 is 1.33 bits per heavy atom. The monoisotopic (exact) mass is 254 g/mol. The Hall–Kier alpha value is -1.46. The molecule has 1 rings (SSSR count). The second kappa shape index (κ2) is 8.60. The van der Waals surface area contributed by atoms with Crippen LogP contribution in [0.3, 0.4) is 0 Å². The van der Waals surface area contributed by atoms with Gasteiger partial charge < -0.3 is 15.2 Å². The third-order valence-corrected chi connectivity index (χ3v) is 2.41. The van der Waals surface area contributed by atoms with Crippen molar-refractivity contribution in [2.24, 2.45) is 5.73 Å². The fourth-order valence-corrected chi connectivity index (χ4v) is 1.50. The predicted octanol–water partition coefficient (Wildman–Crippen LogP) is 1.41. The maximum atomic E-state index is 11.0. The molecule has 5 heteroatoms. The summed E-state index contributed by atoms with van der Waals surface area (Å²) < 4.78 is 10.6. The number of aromatic nitrogens is 1. The minimum Gasteiger partial charge on any atom is -0.379 e. The lowest BCUT2D eigenvalue weighted by atomic mass is 10.1. The summed E-state index contributed by atoms with van der Waals surface area (Å²) >= 11 is 0. The van der Waals surface area contributed by atoms with Gasteiger partial charge in [-0.05, 0) is 31.4 Å². The Labute approximate surface area is 109 Å². The summed E-state index contributed by atoms with van der Waals surface area (Å²) in [6.07, 6.45) is 4.93. The van der Waals surface area contributed by atoms with E-state index in [1.165, 1.54) is 6.20 Å². The molecule has 0 unspecified atom stereocenters. The molecular weight excluding hydrogens is 232 g/mol. The van der Waals surface area contributed by atoms with Crippen molar-refractivity contribution < 1.29 is 15.7 Å². The Balaban J connectivity index is 0.00000324. The van der Waals surface area contributed by atoms with E-state index in [2.05, 4.69) is 4.98 Å². The Bertz CT molecular complexity index is 375. The number of amides is 1. The van der Waals surface area contributed by atoms with Gasteiger partial charge in [0.2, 0.25) is 5.91 Å². The molecule has 0 saturated heterocycles. The lowest BCUT2D eigenvalue weighted by molar-refractivity contribution is 0.0520. The topological polar surface area (TPSA) is 74.4 Å². The number of primary amides is 1. The van der Waals surface area contributed by atoms with Crippen LogP contribution in [-0.4, -0.2) is 37.3 Å². The number of nitrogens with two attached hydrogens (primary N) is 1. The second-order valence-corrected chi connectivity index (χ2v) is 3.86. The molecule has 0 aliphatic carbocycles. The van der Waals surface area contributed by atoms with E-state index in [-0.39, 0.29) is 1.43 Å². The molecule has 1 amide bonds. The van der Waals surface area contributed by atoms with Gasteiger partial charge in [-0.1, -0.05) is 0 Å². The quantitative estimate of drug-likeness (QED) is 0.676. The highest BCUT2D eigenvalue weighted by Gasteiger charge is 2.02. The van der Waals surface area contributed by atoms with E-state index in [1.54, 1.807) is 12.3 Å². The van der Waals surface area contributed by atoms with Gasteiger partial charge in [0.05, 0.1) is 18.8 Å². The molecule has 0 bridgehead atoms. The first-order chi connectivity index (χ1) is 8.74. The minimum absolute atomic E-state index is 0. The third-order valence-electron chi connectivity index (χ3n) is 2.41. The molecule has 1 aromatic heterocycles. The molecule has 0 spiro atoms. The molecule has 1 aromatic rings. The molecule has 0 radical (unpaired) electrons. The molecule has 0 aromatic carbocycles. The second-order valence-electron chi connectivity index (χ2n) is 3.86. The SMILES string of the molecule is CCOCCOCCCc1cncc(C(N)=O)c1.[HH]. The van der Waals surface area contributed by atoms with E-state index in [0.717, 1.165) is 25.0 Å². The summed E-state index contributed by atoms with van der Waals surface area (Å²) in [7, 11) is 0. The van der Waals surface area contributed by atoms with Crippen LogP contribution >= 0.6 is 0 Å². The lowest BCUT2D eigenvalue weighted by Gasteiger charge is -2.05. The molecule has 0 fully saturated rings. The Morgan fingerprint density at radius 2 is 2.11 bits per heavy atom. The summed E-state index contributed by atoms with van der Waals surface area (Å²) in [5.74, 6) is -0.447. The number of hydrogen-bond acceptors (Lipinski definition) is 4. The van der Waals surface area contributed by atoms with Gasteiger partial charge in [0.1, 0.15) is 0 Å². The molecule has 0 aliphatic rings. The van der Waals surface area contributed by atoms with E-state index in [0.29, 0.717) is 25.4 Å². The summed E-state index contributed by atoms with van der Waals surface area (Å²) in [6, 6.07) is 1.77. The number of pyridine rings is 1. The average Bonchev–Trinajstić information content (AvgIpc) is 2.38. The van der Waals surface area contributed by atoms with Gasteiger partial charge in [0, 0.05) is 27.0 Å². The maximum absolute atomic E-state index is 11.0. The third kappa shape index (κ3) is 5.75. The van der Waals surface area contributed by atoms with Crippen LogP contribution < -0.4 is 5.73 Å². The Kier molecular flexibility index (Phi) is 6.98. The summed E-state index contributed by atoms with van der Waals surface area (Å²) in [6.45, 7) is 4.60. The zero-order valence-corrected chi connectivity index (χ0v) is 10.7. The molecule has 102 valence electrons. The van der Waals surface area contributed by atoms with Crippen LogP contribution in [0.2, 0.25) is 0 Å². The first-order valence-corrected chi connectivity index (χ1v) is 6.13. The number of rotatable bonds is 9. The number of aryl methyl sites for hydroxylation is 1. The van der Waals surface area contributed by atoms with Crippen LogP contribution in [0.5, 0.6) is 0 Å². The molecule has 0 aliphatic heterocycles. The fraction of sp³-hybridized carbons (Fsp3) is 0.538. The van der Waals surface area contributed by atoms with E-state index < -0.39 is 5.91 Å². The van der Waals surface area contributed by atoms with Crippen LogP contribution in [0.1, 0.15) is 30.7 Å². The van der Waals surface area contributed by atoms with Gasteiger partial charge >= 0.3 is 0 Å². The first kappa shape index (κ1) is 14.6. The number of carbonyl (C=O) groups excluding carboxylic acids is 1. The summed E-state index contributed by atoms with van der Waals surface area (Å²) in [4.78, 5) is 15.0. The smallest absolute Gasteiger partial charge is 0.250 e. The van der Waals surface area contributed by atoms with Gasteiger partial charge in [-0.25, -0.2) is 0 Å². The molecule has 1 heterocycles. The van der Waals surface area contributed by atoms with Gasteiger partial charge in [-0.15, -0.1) is 0 Å². The summed E-state index contributed by atoms with van der Waals surface area (Å²) in [5, 5.41) is 0. The van der Waals surface area contributed by atoms with Crippen molar-refractivity contribution in [3.63, 3.8) is 0 Å². The minimum atomic E-state index is -0.447. The molecule has 0 atom stereocenters. The van der Waals surface area contributed by atoms with Gasteiger partial charge in [-0.2, -0.15) is 0 Å². The zero-order valence-electron chi connectivity index (χ0n) is 10.7. The number of carbonyl (C=O) groups is 1. The average molecular weight is 254 g/mol. The Morgan fingerprint density at radius 3 is 2.83 bits per heavy atom. The number of ether oxygens (including phenoxy) is 2. The van der Waals surface area contributed by atoms with E-state index >= 15 is 0 Å². The van der Waals surface area contributed by atoms with Crippen LogP contribution in [0.15, 0.2) is 18.5 Å². The standard InChI is InChI=1S/C13H20N2O3.H2/c1-2-17-6-7-18-5-3-4-11-8-12(13(14)16)10-15-9-11;/h8-10H,2-7H2,1H3,(H2,14,16);1H. The zero-order chi connectivity index (χ0) is 13.2. The van der Waals surface area contributed by atoms with Crippen molar-refractivity contribution in [1.29, 1.82) is 0 Å². The van der Waals surface area contributed by atoms with Crippen molar-refractivity contribution >= 4 is 5.91 Å². The lowest BCUT2D eigenvalue weighted by Crippen LogP contribution is -2.11. The van der Waals surface area contributed by atoms with Gasteiger partial charge in [0.25, 0.3) is 0 Å². The highest BCUT2D eigenvalue weighted by molar-refractivity contribution is 5.92. The van der Waals surface area contributed by atoms with Crippen molar-refractivity contribution in [3.8, 4) is 0 Å². The van der Waals surface area contributed by atoms with Crippen molar-refractivity contribution in [1.82, 2.24) is 4.98 Å².